The molecule has 1 radical (unpaired) electrons. The van der Waals surface area contributed by atoms with Crippen molar-refractivity contribution >= 4 is 16.1 Å². The molecule has 0 aliphatic carbocycles. The van der Waals surface area contributed by atoms with Crippen LogP contribution < -0.4 is 4.72 Å². The Morgan fingerprint density at radius 3 is 2.14 bits per heavy atom. The van der Waals surface area contributed by atoms with Gasteiger partial charge in [0, 0.05) is 0 Å². The molecule has 1 aromatic carbocycles. The molecule has 1 rings (SSSR count). The van der Waals surface area contributed by atoms with Crippen molar-refractivity contribution < 1.29 is 18.3 Å². The molecule has 1 amide bonds. The number of carbonyl (C=O) groups is 1. The first kappa shape index (κ1) is 10.5. The number of aryl methyl sites for hydroxylation is 1. The summed E-state index contributed by atoms with van der Waals surface area (Å²) in [6.07, 6.45) is -1.84. The third-order valence-electron chi connectivity index (χ3n) is 1.55. The summed E-state index contributed by atoms with van der Waals surface area (Å²) in [5.41, 5.74) is 0.886. The normalized spacial score (nSPS) is 10.9. The zero-order chi connectivity index (χ0) is 10.8. The fraction of sp³-hybridized carbons (Fsp3) is 0.125. The monoisotopic (exact) mass is 214 g/mol. The lowest BCUT2D eigenvalue weighted by molar-refractivity contribution is 0.175. The van der Waals surface area contributed by atoms with E-state index in [0.717, 1.165) is 5.56 Å². The van der Waals surface area contributed by atoms with Crippen LogP contribution in [0.5, 0.6) is 0 Å². The first-order valence-corrected chi connectivity index (χ1v) is 5.20. The Morgan fingerprint density at radius 2 is 1.71 bits per heavy atom. The van der Waals surface area contributed by atoms with E-state index in [1.54, 1.807) is 19.1 Å². The molecule has 1 aromatic rings. The number of rotatable bonds is 2. The van der Waals surface area contributed by atoms with Crippen molar-refractivity contribution in [2.75, 3.05) is 0 Å². The third kappa shape index (κ3) is 2.46. The maximum atomic E-state index is 11.2. The quantitative estimate of drug-likeness (QED) is 0.791. The second-order valence-electron chi connectivity index (χ2n) is 2.71. The van der Waals surface area contributed by atoms with E-state index in [1.807, 2.05) is 0 Å². The first-order chi connectivity index (χ1) is 6.42. The van der Waals surface area contributed by atoms with Crippen LogP contribution in [0.3, 0.4) is 0 Å². The van der Waals surface area contributed by atoms with Gasteiger partial charge in [0.1, 0.15) is 0 Å². The van der Waals surface area contributed by atoms with Crippen LogP contribution in [0, 0.1) is 6.92 Å². The SMILES string of the molecule is Cc1ccc(S(=O)(=O)NC([O])=O)cc1. The highest BCUT2D eigenvalue weighted by atomic mass is 32.2. The lowest BCUT2D eigenvalue weighted by atomic mass is 10.2. The number of sulfonamides is 1. The van der Waals surface area contributed by atoms with E-state index < -0.39 is 16.1 Å². The van der Waals surface area contributed by atoms with Gasteiger partial charge in [-0.25, -0.2) is 23.0 Å². The maximum absolute atomic E-state index is 11.2. The number of hydrogen-bond donors (Lipinski definition) is 1. The number of amides is 1. The lowest BCUT2D eigenvalue weighted by Gasteiger charge is -2.02. The first-order valence-electron chi connectivity index (χ1n) is 3.72. The molecule has 0 aliphatic heterocycles. The largest absolute Gasteiger partial charge is 0.464 e. The highest BCUT2D eigenvalue weighted by Gasteiger charge is 2.16. The van der Waals surface area contributed by atoms with Crippen LogP contribution in [0.2, 0.25) is 0 Å². The molecule has 0 saturated heterocycles. The molecular weight excluding hydrogens is 206 g/mol. The van der Waals surface area contributed by atoms with Crippen LogP contribution in [0.15, 0.2) is 29.2 Å². The highest BCUT2D eigenvalue weighted by molar-refractivity contribution is 7.90. The number of hydrogen-bond acceptors (Lipinski definition) is 3. The van der Waals surface area contributed by atoms with E-state index in [0.29, 0.717) is 0 Å². The third-order valence-corrected chi connectivity index (χ3v) is 2.88. The van der Waals surface area contributed by atoms with Gasteiger partial charge in [0.25, 0.3) is 10.0 Å². The van der Waals surface area contributed by atoms with E-state index in [-0.39, 0.29) is 4.90 Å². The Bertz CT molecular complexity index is 435. The number of carbonyl (C=O) groups excluding carboxylic acids is 1. The van der Waals surface area contributed by atoms with Crippen molar-refractivity contribution in [1.29, 1.82) is 0 Å². The standard InChI is InChI=1S/C8H8NO4S/c1-6-2-4-7(5-3-6)14(12,13)9-8(10)11/h2-5,9H,1H3. The maximum Gasteiger partial charge on any atom is 0.464 e. The summed E-state index contributed by atoms with van der Waals surface area (Å²) in [5.74, 6) is 0. The molecule has 1 N–H and O–H groups in total. The number of benzene rings is 1. The predicted molar refractivity (Wildman–Crippen MR) is 47.6 cm³/mol. The molecule has 0 saturated carbocycles. The summed E-state index contributed by atoms with van der Waals surface area (Å²) in [5, 5.41) is 10.1. The predicted octanol–water partition coefficient (Wildman–Crippen LogP) is 0.824. The van der Waals surface area contributed by atoms with Crippen molar-refractivity contribution in [3.8, 4) is 0 Å². The van der Waals surface area contributed by atoms with Crippen molar-refractivity contribution in [3.05, 3.63) is 29.8 Å². The number of nitrogens with one attached hydrogen (secondary N) is 1. The average Bonchev–Trinajstić information content (AvgIpc) is 2.02. The van der Waals surface area contributed by atoms with E-state index in [4.69, 9.17) is 0 Å². The molecule has 75 valence electrons. The van der Waals surface area contributed by atoms with E-state index in [2.05, 4.69) is 0 Å². The van der Waals surface area contributed by atoms with E-state index in [9.17, 15) is 18.3 Å². The van der Waals surface area contributed by atoms with Gasteiger partial charge in [-0.2, -0.15) is 0 Å². The summed E-state index contributed by atoms with van der Waals surface area (Å²) in [6, 6.07) is 5.79. The van der Waals surface area contributed by atoms with Gasteiger partial charge in [-0.1, -0.05) is 17.7 Å². The van der Waals surface area contributed by atoms with Crippen LogP contribution in [-0.2, 0) is 15.1 Å². The summed E-state index contributed by atoms with van der Waals surface area (Å²) < 4.78 is 23.8. The van der Waals surface area contributed by atoms with Crippen molar-refractivity contribution in [1.82, 2.24) is 4.72 Å². The Kier molecular flexibility index (Phi) is 2.76. The Morgan fingerprint density at radius 1 is 1.21 bits per heavy atom. The van der Waals surface area contributed by atoms with Crippen LogP contribution in [0.25, 0.3) is 0 Å². The molecule has 0 fully saturated rings. The van der Waals surface area contributed by atoms with Crippen molar-refractivity contribution in [2.24, 2.45) is 0 Å². The molecular formula is C8H8NO4S. The molecule has 0 aliphatic rings. The van der Waals surface area contributed by atoms with Gasteiger partial charge in [-0.3, -0.25) is 0 Å². The minimum absolute atomic E-state index is 0.104. The van der Waals surface area contributed by atoms with Gasteiger partial charge in [0.2, 0.25) is 0 Å². The molecule has 0 unspecified atom stereocenters. The summed E-state index contributed by atoms with van der Waals surface area (Å²) in [6.45, 7) is 1.79. The lowest BCUT2D eigenvalue weighted by Crippen LogP contribution is -2.27. The van der Waals surface area contributed by atoms with Gasteiger partial charge >= 0.3 is 6.09 Å². The minimum atomic E-state index is -3.99. The zero-order valence-corrected chi connectivity index (χ0v) is 8.17. The Hall–Kier alpha value is -1.56. The van der Waals surface area contributed by atoms with Crippen molar-refractivity contribution in [3.63, 3.8) is 0 Å². The zero-order valence-electron chi connectivity index (χ0n) is 7.35. The summed E-state index contributed by atoms with van der Waals surface area (Å²) in [4.78, 5) is 9.95. The van der Waals surface area contributed by atoms with Gasteiger partial charge in [-0.15, -0.1) is 0 Å². The molecule has 0 atom stereocenters. The molecule has 14 heavy (non-hydrogen) atoms. The van der Waals surface area contributed by atoms with Gasteiger partial charge in [-0.05, 0) is 19.1 Å². The van der Waals surface area contributed by atoms with E-state index in [1.165, 1.54) is 16.9 Å². The minimum Gasteiger partial charge on any atom is -0.219 e. The molecule has 0 heterocycles. The summed E-state index contributed by atoms with van der Waals surface area (Å²) >= 11 is 0. The fourth-order valence-corrected chi connectivity index (χ4v) is 1.72. The second kappa shape index (κ2) is 3.67. The van der Waals surface area contributed by atoms with Crippen LogP contribution in [-0.4, -0.2) is 14.5 Å². The Balaban J connectivity index is 3.05. The van der Waals surface area contributed by atoms with Gasteiger partial charge in [0.05, 0.1) is 4.90 Å². The van der Waals surface area contributed by atoms with Crippen LogP contribution in [0.4, 0.5) is 4.79 Å². The van der Waals surface area contributed by atoms with Crippen LogP contribution >= 0.6 is 0 Å². The van der Waals surface area contributed by atoms with Crippen LogP contribution in [0.1, 0.15) is 5.56 Å². The van der Waals surface area contributed by atoms with Gasteiger partial charge in [0.15, 0.2) is 0 Å². The summed E-state index contributed by atoms with van der Waals surface area (Å²) in [7, 11) is -3.99. The fourth-order valence-electron chi connectivity index (χ4n) is 0.886. The smallest absolute Gasteiger partial charge is 0.219 e. The molecule has 5 nitrogen and oxygen atoms in total. The highest BCUT2D eigenvalue weighted by Crippen LogP contribution is 2.09. The van der Waals surface area contributed by atoms with Crippen molar-refractivity contribution in [2.45, 2.75) is 11.8 Å². The molecule has 0 spiro atoms. The van der Waals surface area contributed by atoms with Gasteiger partial charge < -0.3 is 0 Å². The Labute approximate surface area is 81.4 Å². The second-order valence-corrected chi connectivity index (χ2v) is 4.39. The molecule has 0 aromatic heterocycles. The van der Waals surface area contributed by atoms with E-state index >= 15 is 0 Å². The topological polar surface area (TPSA) is 83.1 Å². The molecule has 6 heteroatoms. The molecule has 0 bridgehead atoms. The average molecular weight is 214 g/mol.